The van der Waals surface area contributed by atoms with Crippen LogP contribution in [0, 0.1) is 11.3 Å². The molecule has 1 rings (SSSR count). The van der Waals surface area contributed by atoms with E-state index < -0.39 is 0 Å². The molecule has 0 aliphatic heterocycles. The van der Waals surface area contributed by atoms with Gasteiger partial charge in [-0.05, 0) is 5.82 Å². The smallest absolute Gasteiger partial charge is 0.0777 e. The Morgan fingerprint density at radius 1 is 1.36 bits per heavy atom. The van der Waals surface area contributed by atoms with Gasteiger partial charge >= 0.3 is 0 Å². The molecule has 1 nitrogen and oxygen atoms in total. The average molecular weight is 141 g/mol. The van der Waals surface area contributed by atoms with E-state index in [-0.39, 0.29) is 5.82 Å². The number of nitrogens with zero attached hydrogens (tertiary/aromatic N) is 1. The van der Waals surface area contributed by atoms with E-state index in [1.165, 1.54) is 0 Å². The second-order valence-electron chi connectivity index (χ2n) is 2.38. The van der Waals surface area contributed by atoms with Crippen molar-refractivity contribution in [2.45, 2.75) is 12.2 Å². The van der Waals surface area contributed by atoms with Crippen LogP contribution in [0.5, 0.6) is 0 Å². The Hall–Kier alpha value is -1.23. The van der Waals surface area contributed by atoms with Gasteiger partial charge < -0.3 is 0 Å². The molecule has 2 radical (unpaired) electrons. The van der Waals surface area contributed by atoms with E-state index in [1.807, 2.05) is 36.4 Å². The van der Waals surface area contributed by atoms with Crippen LogP contribution >= 0.6 is 0 Å². The molecule has 0 N–H and O–H groups in total. The third kappa shape index (κ3) is 2.12. The summed E-state index contributed by atoms with van der Waals surface area (Å²) in [6.07, 6.45) is 0.379. The molecule has 0 saturated heterocycles. The summed E-state index contributed by atoms with van der Waals surface area (Å²) < 4.78 is 0. The number of nitriles is 1. The summed E-state index contributed by atoms with van der Waals surface area (Å²) in [5.74, 6) is -0.138. The SMILES string of the molecule is [B]C(CC#N)c1ccccc1. The molecule has 1 aromatic rings. The summed E-state index contributed by atoms with van der Waals surface area (Å²) >= 11 is 0. The normalized spacial score (nSPS) is 11.9. The number of hydrogen-bond donors (Lipinski definition) is 0. The fourth-order valence-electron chi connectivity index (χ4n) is 0.916. The summed E-state index contributed by atoms with van der Waals surface area (Å²) in [6, 6.07) is 11.7. The van der Waals surface area contributed by atoms with Crippen molar-refractivity contribution in [3.8, 4) is 6.07 Å². The van der Waals surface area contributed by atoms with Crippen LogP contribution in [0.15, 0.2) is 30.3 Å². The first kappa shape index (κ1) is 7.88. The van der Waals surface area contributed by atoms with E-state index in [4.69, 9.17) is 13.1 Å². The molecule has 0 spiro atoms. The van der Waals surface area contributed by atoms with Crippen LogP contribution in [0.1, 0.15) is 17.8 Å². The lowest BCUT2D eigenvalue weighted by atomic mass is 9.79. The Kier molecular flexibility index (Phi) is 2.74. The molecule has 1 aromatic carbocycles. The molecule has 0 aliphatic carbocycles. The molecule has 1 unspecified atom stereocenters. The fraction of sp³-hybridized carbons (Fsp3) is 0.222. The molecule has 0 aliphatic rings. The van der Waals surface area contributed by atoms with Crippen molar-refractivity contribution >= 4 is 7.85 Å². The van der Waals surface area contributed by atoms with Crippen molar-refractivity contribution in [3.05, 3.63) is 35.9 Å². The Morgan fingerprint density at radius 3 is 2.55 bits per heavy atom. The second kappa shape index (κ2) is 3.83. The van der Waals surface area contributed by atoms with Crippen molar-refractivity contribution in [1.29, 1.82) is 5.26 Å². The predicted octanol–water partition coefficient (Wildman–Crippen LogP) is 1.81. The maximum atomic E-state index is 8.37. The summed E-state index contributed by atoms with van der Waals surface area (Å²) in [6.45, 7) is 0. The highest BCUT2D eigenvalue weighted by molar-refractivity contribution is 6.12. The van der Waals surface area contributed by atoms with Gasteiger partial charge in [0.15, 0.2) is 0 Å². The minimum absolute atomic E-state index is 0.138. The van der Waals surface area contributed by atoms with Crippen molar-refractivity contribution in [1.82, 2.24) is 0 Å². The van der Waals surface area contributed by atoms with Crippen LogP contribution < -0.4 is 0 Å². The largest absolute Gasteiger partial charge is 0.198 e. The molecule has 52 valence electrons. The van der Waals surface area contributed by atoms with E-state index >= 15 is 0 Å². The number of hydrogen-bond acceptors (Lipinski definition) is 1. The maximum absolute atomic E-state index is 8.37. The first-order valence-corrected chi connectivity index (χ1v) is 3.52. The Morgan fingerprint density at radius 2 is 2.00 bits per heavy atom. The Bertz CT molecular complexity index is 250. The highest BCUT2D eigenvalue weighted by atomic mass is 14.2. The second-order valence-corrected chi connectivity index (χ2v) is 2.38. The minimum atomic E-state index is -0.138. The summed E-state index contributed by atoms with van der Waals surface area (Å²) in [5, 5.41) is 8.37. The van der Waals surface area contributed by atoms with Crippen LogP contribution in [0.25, 0.3) is 0 Å². The lowest BCUT2D eigenvalue weighted by Crippen LogP contribution is -1.95. The van der Waals surface area contributed by atoms with Gasteiger partial charge in [0.25, 0.3) is 0 Å². The molecule has 0 amide bonds. The number of benzene rings is 1. The summed E-state index contributed by atoms with van der Waals surface area (Å²) in [4.78, 5) is 0. The zero-order valence-corrected chi connectivity index (χ0v) is 6.20. The van der Waals surface area contributed by atoms with Crippen LogP contribution in [0.4, 0.5) is 0 Å². The third-order valence-electron chi connectivity index (χ3n) is 1.54. The van der Waals surface area contributed by atoms with Gasteiger partial charge in [-0.1, -0.05) is 35.9 Å². The molecule has 2 heteroatoms. The van der Waals surface area contributed by atoms with Gasteiger partial charge in [-0.3, -0.25) is 0 Å². The Labute approximate surface area is 68.1 Å². The van der Waals surface area contributed by atoms with Crippen molar-refractivity contribution in [3.63, 3.8) is 0 Å². The molecule has 0 saturated carbocycles. The van der Waals surface area contributed by atoms with Gasteiger partial charge in [0.05, 0.1) is 13.9 Å². The molecular weight excluding hydrogens is 133 g/mol. The molecule has 0 fully saturated rings. The fourth-order valence-corrected chi connectivity index (χ4v) is 0.916. The van der Waals surface area contributed by atoms with Gasteiger partial charge in [0, 0.05) is 6.42 Å². The van der Waals surface area contributed by atoms with Crippen molar-refractivity contribution < 1.29 is 0 Å². The summed E-state index contributed by atoms with van der Waals surface area (Å²) in [7, 11) is 5.68. The maximum Gasteiger partial charge on any atom is 0.0777 e. The highest BCUT2D eigenvalue weighted by Gasteiger charge is 2.01. The molecule has 1 atom stereocenters. The predicted molar refractivity (Wildman–Crippen MR) is 45.2 cm³/mol. The standard InChI is InChI=1S/C9H8BN/c10-9(6-7-11)8-4-2-1-3-5-8/h1-5,9H,6H2. The van der Waals surface area contributed by atoms with E-state index in [2.05, 4.69) is 0 Å². The number of rotatable bonds is 2. The van der Waals surface area contributed by atoms with Gasteiger partial charge in [-0.15, -0.1) is 0 Å². The van der Waals surface area contributed by atoms with E-state index in [0.29, 0.717) is 6.42 Å². The zero-order chi connectivity index (χ0) is 8.10. The molecule has 11 heavy (non-hydrogen) atoms. The van der Waals surface area contributed by atoms with Gasteiger partial charge in [-0.2, -0.15) is 5.26 Å². The van der Waals surface area contributed by atoms with E-state index in [1.54, 1.807) is 0 Å². The summed E-state index contributed by atoms with van der Waals surface area (Å²) in [5.41, 5.74) is 1.02. The first-order chi connectivity index (χ1) is 5.34. The van der Waals surface area contributed by atoms with Crippen LogP contribution in [-0.4, -0.2) is 7.85 Å². The van der Waals surface area contributed by atoms with Crippen molar-refractivity contribution in [2.75, 3.05) is 0 Å². The minimum Gasteiger partial charge on any atom is -0.198 e. The highest BCUT2D eigenvalue weighted by Crippen LogP contribution is 2.13. The average Bonchev–Trinajstić information content (AvgIpc) is 2.07. The van der Waals surface area contributed by atoms with Gasteiger partial charge in [0.1, 0.15) is 0 Å². The molecule has 0 aromatic heterocycles. The molecule has 0 bridgehead atoms. The Balaban J connectivity index is 2.70. The lowest BCUT2D eigenvalue weighted by molar-refractivity contribution is 0.965. The zero-order valence-electron chi connectivity index (χ0n) is 6.20. The van der Waals surface area contributed by atoms with Crippen LogP contribution in [-0.2, 0) is 0 Å². The monoisotopic (exact) mass is 141 g/mol. The van der Waals surface area contributed by atoms with Crippen molar-refractivity contribution in [2.24, 2.45) is 0 Å². The van der Waals surface area contributed by atoms with Gasteiger partial charge in [0.2, 0.25) is 0 Å². The third-order valence-corrected chi connectivity index (χ3v) is 1.54. The molecular formula is C9H8BN. The lowest BCUT2D eigenvalue weighted by Gasteiger charge is -2.05. The first-order valence-electron chi connectivity index (χ1n) is 3.52. The van der Waals surface area contributed by atoms with E-state index in [9.17, 15) is 0 Å². The quantitative estimate of drug-likeness (QED) is 0.576. The topological polar surface area (TPSA) is 23.8 Å². The molecule has 0 heterocycles. The van der Waals surface area contributed by atoms with Crippen LogP contribution in [0.3, 0.4) is 0 Å². The van der Waals surface area contributed by atoms with Crippen LogP contribution in [0.2, 0.25) is 0 Å². The van der Waals surface area contributed by atoms with Gasteiger partial charge in [-0.25, -0.2) is 0 Å². The van der Waals surface area contributed by atoms with E-state index in [0.717, 1.165) is 5.56 Å².